The molecule has 0 spiro atoms. The molecule has 0 aliphatic carbocycles. The molecule has 124 valence electrons. The third kappa shape index (κ3) is 6.73. The normalized spacial score (nSPS) is 15.4. The SMILES string of the molecule is C=CCON(C=O)CC(CO)C(C)O[Si](C)(C)C(C)(C)C. The molecule has 5 nitrogen and oxygen atoms in total. The van der Waals surface area contributed by atoms with Crippen molar-refractivity contribution in [3.05, 3.63) is 12.7 Å². The molecule has 0 aliphatic heterocycles. The van der Waals surface area contributed by atoms with Crippen LogP contribution in [0.5, 0.6) is 0 Å². The van der Waals surface area contributed by atoms with Crippen LogP contribution in [0.1, 0.15) is 27.7 Å². The maximum atomic E-state index is 11.0. The molecular formula is C15H31NO4Si. The van der Waals surface area contributed by atoms with Crippen LogP contribution in [-0.4, -0.2) is 50.8 Å². The van der Waals surface area contributed by atoms with Gasteiger partial charge in [-0.25, -0.2) is 5.06 Å². The van der Waals surface area contributed by atoms with E-state index in [2.05, 4.69) is 40.4 Å². The van der Waals surface area contributed by atoms with Crippen LogP contribution in [0.2, 0.25) is 18.1 Å². The summed E-state index contributed by atoms with van der Waals surface area (Å²) in [5, 5.41) is 10.9. The van der Waals surface area contributed by atoms with Gasteiger partial charge in [0.15, 0.2) is 8.32 Å². The standard InChI is InChI=1S/C15H31NO4Si/c1-8-9-19-16(12-18)10-14(11-17)13(2)20-21(6,7)15(3,4)5/h8,12-14,17H,1,9-11H2,2-7H3. The van der Waals surface area contributed by atoms with Crippen molar-refractivity contribution in [1.29, 1.82) is 0 Å². The highest BCUT2D eigenvalue weighted by molar-refractivity contribution is 6.74. The molecule has 1 N–H and O–H groups in total. The summed E-state index contributed by atoms with van der Waals surface area (Å²) in [5.74, 6) is -0.186. The first-order valence-electron chi connectivity index (χ1n) is 7.33. The number of carbonyl (C=O) groups is 1. The smallest absolute Gasteiger partial charge is 0.233 e. The molecule has 0 saturated heterocycles. The van der Waals surface area contributed by atoms with Crippen molar-refractivity contribution >= 4 is 14.7 Å². The van der Waals surface area contributed by atoms with Gasteiger partial charge in [0.1, 0.15) is 0 Å². The van der Waals surface area contributed by atoms with E-state index in [4.69, 9.17) is 9.26 Å². The molecule has 0 rings (SSSR count). The second-order valence-corrected chi connectivity index (χ2v) is 11.6. The number of nitrogens with zero attached hydrogens (tertiary/aromatic N) is 1. The molecular weight excluding hydrogens is 286 g/mol. The Morgan fingerprint density at radius 2 is 1.95 bits per heavy atom. The molecule has 0 saturated carbocycles. The van der Waals surface area contributed by atoms with E-state index >= 15 is 0 Å². The van der Waals surface area contributed by atoms with E-state index in [0.29, 0.717) is 13.0 Å². The van der Waals surface area contributed by atoms with Crippen LogP contribution in [0.15, 0.2) is 12.7 Å². The van der Waals surface area contributed by atoms with Crippen molar-refractivity contribution in [2.24, 2.45) is 5.92 Å². The number of aliphatic hydroxyl groups is 1. The topological polar surface area (TPSA) is 59.0 Å². The van der Waals surface area contributed by atoms with E-state index in [1.54, 1.807) is 6.08 Å². The molecule has 0 heterocycles. The van der Waals surface area contributed by atoms with Crippen molar-refractivity contribution in [3.8, 4) is 0 Å². The van der Waals surface area contributed by atoms with Crippen LogP contribution < -0.4 is 0 Å². The van der Waals surface area contributed by atoms with Gasteiger partial charge < -0.3 is 9.53 Å². The summed E-state index contributed by atoms with van der Waals surface area (Å²) >= 11 is 0. The zero-order valence-electron chi connectivity index (χ0n) is 14.3. The molecule has 6 heteroatoms. The average Bonchev–Trinajstić information content (AvgIpc) is 2.37. The summed E-state index contributed by atoms with van der Waals surface area (Å²) in [7, 11) is -1.91. The Bertz CT molecular complexity index is 328. The highest BCUT2D eigenvalue weighted by atomic mass is 28.4. The minimum Gasteiger partial charge on any atom is -0.414 e. The summed E-state index contributed by atoms with van der Waals surface area (Å²) in [4.78, 5) is 16.2. The van der Waals surface area contributed by atoms with Crippen LogP contribution >= 0.6 is 0 Å². The second-order valence-electron chi connectivity index (χ2n) is 6.82. The minimum atomic E-state index is -1.91. The van der Waals surface area contributed by atoms with E-state index in [1.165, 1.54) is 5.06 Å². The Morgan fingerprint density at radius 1 is 1.38 bits per heavy atom. The van der Waals surface area contributed by atoms with Gasteiger partial charge in [0.25, 0.3) is 0 Å². The van der Waals surface area contributed by atoms with E-state index in [1.807, 2.05) is 6.92 Å². The first-order chi connectivity index (χ1) is 9.59. The van der Waals surface area contributed by atoms with Crippen LogP contribution in [0, 0.1) is 5.92 Å². The molecule has 21 heavy (non-hydrogen) atoms. The molecule has 0 radical (unpaired) electrons. The number of hydrogen-bond acceptors (Lipinski definition) is 4. The summed E-state index contributed by atoms with van der Waals surface area (Å²) in [5.41, 5.74) is 0. The Balaban J connectivity index is 4.71. The maximum Gasteiger partial charge on any atom is 0.233 e. The van der Waals surface area contributed by atoms with Crippen molar-refractivity contribution in [3.63, 3.8) is 0 Å². The monoisotopic (exact) mass is 317 g/mol. The summed E-state index contributed by atoms with van der Waals surface area (Å²) in [6.07, 6.45) is 2.04. The number of hydrogen-bond donors (Lipinski definition) is 1. The zero-order chi connectivity index (χ0) is 16.7. The number of carbonyl (C=O) groups excluding carboxylic acids is 1. The molecule has 2 unspecified atom stereocenters. The fraction of sp³-hybridized carbons (Fsp3) is 0.800. The Kier molecular flexibility index (Phi) is 8.39. The molecule has 2 atom stereocenters. The Labute approximate surface area is 130 Å². The summed E-state index contributed by atoms with van der Waals surface area (Å²) < 4.78 is 6.27. The van der Waals surface area contributed by atoms with Crippen molar-refractivity contribution in [2.45, 2.75) is 51.9 Å². The lowest BCUT2D eigenvalue weighted by Gasteiger charge is -2.40. The molecule has 0 aromatic heterocycles. The zero-order valence-corrected chi connectivity index (χ0v) is 15.3. The van der Waals surface area contributed by atoms with Gasteiger partial charge in [0, 0.05) is 12.0 Å². The number of amides is 1. The number of hydroxylamine groups is 2. The van der Waals surface area contributed by atoms with Crippen LogP contribution in [0.3, 0.4) is 0 Å². The fourth-order valence-corrected chi connectivity index (χ4v) is 3.07. The Hall–Kier alpha value is -0.693. The van der Waals surface area contributed by atoms with E-state index < -0.39 is 8.32 Å². The van der Waals surface area contributed by atoms with Crippen LogP contribution in [-0.2, 0) is 14.1 Å². The minimum absolute atomic E-state index is 0.0580. The van der Waals surface area contributed by atoms with Crippen molar-refractivity contribution in [1.82, 2.24) is 5.06 Å². The number of aliphatic hydroxyl groups excluding tert-OH is 1. The lowest BCUT2D eigenvalue weighted by atomic mass is 10.1. The molecule has 0 aromatic rings. The van der Waals surface area contributed by atoms with Gasteiger partial charge in [-0.3, -0.25) is 9.63 Å². The lowest BCUT2D eigenvalue weighted by molar-refractivity contribution is -0.174. The fourth-order valence-electron chi connectivity index (χ4n) is 1.60. The predicted molar refractivity (Wildman–Crippen MR) is 87.2 cm³/mol. The first-order valence-corrected chi connectivity index (χ1v) is 10.2. The van der Waals surface area contributed by atoms with E-state index in [9.17, 15) is 9.90 Å². The van der Waals surface area contributed by atoms with Gasteiger partial charge >= 0.3 is 0 Å². The number of rotatable bonds is 10. The van der Waals surface area contributed by atoms with E-state index in [-0.39, 0.29) is 30.3 Å². The highest BCUT2D eigenvalue weighted by Gasteiger charge is 2.39. The average molecular weight is 318 g/mol. The Morgan fingerprint density at radius 3 is 2.33 bits per heavy atom. The van der Waals surface area contributed by atoms with Crippen LogP contribution in [0.25, 0.3) is 0 Å². The van der Waals surface area contributed by atoms with Crippen LogP contribution in [0.4, 0.5) is 0 Å². The summed E-state index contributed by atoms with van der Waals surface area (Å²) in [6, 6.07) is 0. The van der Waals surface area contributed by atoms with Gasteiger partial charge in [-0.15, -0.1) is 6.58 Å². The lowest BCUT2D eigenvalue weighted by Crippen LogP contribution is -2.47. The molecule has 0 fully saturated rings. The van der Waals surface area contributed by atoms with Gasteiger partial charge in [-0.1, -0.05) is 26.8 Å². The molecule has 1 amide bonds. The quantitative estimate of drug-likeness (QED) is 0.291. The van der Waals surface area contributed by atoms with Crippen molar-refractivity contribution < 1.29 is 19.2 Å². The molecule has 0 aromatic carbocycles. The van der Waals surface area contributed by atoms with Crippen molar-refractivity contribution in [2.75, 3.05) is 19.8 Å². The largest absolute Gasteiger partial charge is 0.414 e. The highest BCUT2D eigenvalue weighted by Crippen LogP contribution is 2.38. The molecule has 0 aliphatic rings. The van der Waals surface area contributed by atoms with E-state index in [0.717, 1.165) is 0 Å². The van der Waals surface area contributed by atoms with Gasteiger partial charge in [0.05, 0.1) is 19.8 Å². The summed E-state index contributed by atoms with van der Waals surface area (Å²) in [6.45, 7) is 16.8. The third-order valence-corrected chi connectivity index (χ3v) is 8.65. The molecule has 0 bridgehead atoms. The maximum absolute atomic E-state index is 11.0. The second kappa shape index (κ2) is 8.68. The van der Waals surface area contributed by atoms with Gasteiger partial charge in [-0.05, 0) is 25.1 Å². The predicted octanol–water partition coefficient (Wildman–Crippen LogP) is 2.58. The third-order valence-electron chi connectivity index (χ3n) is 4.08. The van der Waals surface area contributed by atoms with Gasteiger partial charge in [-0.2, -0.15) is 0 Å². The van der Waals surface area contributed by atoms with Gasteiger partial charge in [0.2, 0.25) is 6.41 Å². The first kappa shape index (κ1) is 20.3.